The van der Waals surface area contributed by atoms with E-state index in [9.17, 15) is 23.2 Å². The number of benzene rings is 2. The van der Waals surface area contributed by atoms with Crippen LogP contribution in [-0.4, -0.2) is 24.3 Å². The zero-order valence-electron chi connectivity index (χ0n) is 13.0. The fourth-order valence-electron chi connectivity index (χ4n) is 2.05. The minimum Gasteiger partial charge on any atom is -0.370 e. The highest BCUT2D eigenvalue weighted by molar-refractivity contribution is 6.09. The van der Waals surface area contributed by atoms with Crippen LogP contribution in [0.4, 0.5) is 14.5 Å². The summed E-state index contributed by atoms with van der Waals surface area (Å²) in [5.41, 5.74) is 4.73. The van der Waals surface area contributed by atoms with Crippen molar-refractivity contribution in [2.45, 2.75) is 6.42 Å². The Hall–Kier alpha value is -3.29. The van der Waals surface area contributed by atoms with E-state index in [0.717, 1.165) is 12.1 Å². The molecular formula is C17H15F2N3O3. The molecule has 0 radical (unpaired) electrons. The van der Waals surface area contributed by atoms with Gasteiger partial charge in [-0.3, -0.25) is 14.4 Å². The number of amides is 3. The predicted octanol–water partition coefficient (Wildman–Crippen LogP) is 1.82. The van der Waals surface area contributed by atoms with Gasteiger partial charge in [0.25, 0.3) is 11.8 Å². The van der Waals surface area contributed by atoms with E-state index in [1.54, 1.807) is 12.1 Å². The van der Waals surface area contributed by atoms with Crippen LogP contribution in [0.5, 0.6) is 0 Å². The Morgan fingerprint density at radius 3 is 2.32 bits per heavy atom. The van der Waals surface area contributed by atoms with Gasteiger partial charge in [-0.05, 0) is 24.3 Å². The minimum absolute atomic E-state index is 0.0330. The smallest absolute Gasteiger partial charge is 0.258 e. The van der Waals surface area contributed by atoms with Crippen molar-refractivity contribution < 1.29 is 23.2 Å². The van der Waals surface area contributed by atoms with Crippen molar-refractivity contribution in [2.24, 2.45) is 5.73 Å². The number of carbonyl (C=O) groups is 3. The number of carbonyl (C=O) groups excluding carboxylic acids is 3. The van der Waals surface area contributed by atoms with Crippen molar-refractivity contribution in [3.05, 3.63) is 65.2 Å². The lowest BCUT2D eigenvalue weighted by Gasteiger charge is -2.11. The lowest BCUT2D eigenvalue weighted by atomic mass is 10.1. The average molecular weight is 347 g/mol. The molecule has 0 saturated heterocycles. The molecule has 2 aromatic rings. The summed E-state index contributed by atoms with van der Waals surface area (Å²) in [5.74, 6) is -4.43. The first kappa shape index (κ1) is 18.1. The molecule has 130 valence electrons. The summed E-state index contributed by atoms with van der Waals surface area (Å²) in [6.45, 7) is 0.0367. The molecule has 3 amide bonds. The molecule has 0 saturated carbocycles. The van der Waals surface area contributed by atoms with Crippen molar-refractivity contribution in [2.75, 3.05) is 11.9 Å². The molecule has 0 aliphatic rings. The van der Waals surface area contributed by atoms with Gasteiger partial charge in [0.15, 0.2) is 11.6 Å². The number of para-hydroxylation sites is 1. The van der Waals surface area contributed by atoms with Crippen LogP contribution in [0.25, 0.3) is 0 Å². The quantitative estimate of drug-likeness (QED) is 0.743. The number of rotatable bonds is 6. The second-order valence-corrected chi connectivity index (χ2v) is 5.07. The molecule has 0 heterocycles. The number of halogens is 2. The molecule has 0 bridgehead atoms. The Balaban J connectivity index is 2.17. The van der Waals surface area contributed by atoms with Crippen LogP contribution < -0.4 is 16.4 Å². The Morgan fingerprint density at radius 2 is 1.60 bits per heavy atom. The van der Waals surface area contributed by atoms with Crippen LogP contribution >= 0.6 is 0 Å². The van der Waals surface area contributed by atoms with Gasteiger partial charge in [0.05, 0.1) is 16.8 Å². The Labute approximate surface area is 142 Å². The maximum atomic E-state index is 13.7. The van der Waals surface area contributed by atoms with Crippen LogP contribution in [0.15, 0.2) is 42.5 Å². The standard InChI is InChI=1S/C17H15F2N3O3/c18-12-6-3-5-11(15(12)19)17(25)22-13-7-2-1-4-10(13)16(24)21-9-8-14(20)23/h1-7H,8-9H2,(H2,20,23)(H,21,24)(H,22,25). The Kier molecular flexibility index (Phi) is 5.78. The van der Waals surface area contributed by atoms with Gasteiger partial charge < -0.3 is 16.4 Å². The van der Waals surface area contributed by atoms with Crippen molar-refractivity contribution in [3.63, 3.8) is 0 Å². The first-order chi connectivity index (χ1) is 11.9. The first-order valence-electron chi connectivity index (χ1n) is 7.31. The summed E-state index contributed by atoms with van der Waals surface area (Å²) in [4.78, 5) is 35.0. The molecule has 0 atom stereocenters. The zero-order chi connectivity index (χ0) is 18.4. The van der Waals surface area contributed by atoms with E-state index in [-0.39, 0.29) is 24.2 Å². The highest BCUT2D eigenvalue weighted by Crippen LogP contribution is 2.18. The van der Waals surface area contributed by atoms with Crippen LogP contribution in [0.3, 0.4) is 0 Å². The normalized spacial score (nSPS) is 10.2. The summed E-state index contributed by atoms with van der Waals surface area (Å²) in [6.07, 6.45) is -0.0330. The monoisotopic (exact) mass is 347 g/mol. The largest absolute Gasteiger partial charge is 0.370 e. The lowest BCUT2D eigenvalue weighted by molar-refractivity contribution is -0.117. The fourth-order valence-corrected chi connectivity index (χ4v) is 2.05. The van der Waals surface area contributed by atoms with Gasteiger partial charge in [-0.1, -0.05) is 18.2 Å². The maximum absolute atomic E-state index is 13.7. The van der Waals surface area contributed by atoms with Crippen molar-refractivity contribution in [3.8, 4) is 0 Å². The van der Waals surface area contributed by atoms with Gasteiger partial charge in [-0.2, -0.15) is 0 Å². The molecule has 4 N–H and O–H groups in total. The molecule has 6 nitrogen and oxygen atoms in total. The highest BCUT2D eigenvalue weighted by Gasteiger charge is 2.18. The third-order valence-corrected chi connectivity index (χ3v) is 3.27. The zero-order valence-corrected chi connectivity index (χ0v) is 13.0. The first-order valence-corrected chi connectivity index (χ1v) is 7.31. The summed E-state index contributed by atoms with van der Waals surface area (Å²) in [5, 5.41) is 4.86. The van der Waals surface area contributed by atoms with E-state index in [4.69, 9.17) is 5.73 Å². The van der Waals surface area contributed by atoms with Crippen LogP contribution in [0.1, 0.15) is 27.1 Å². The summed E-state index contributed by atoms with van der Waals surface area (Å²) < 4.78 is 26.9. The second kappa shape index (κ2) is 8.00. The molecule has 0 aliphatic heterocycles. The minimum atomic E-state index is -1.27. The van der Waals surface area contributed by atoms with Crippen LogP contribution in [-0.2, 0) is 4.79 Å². The third kappa shape index (κ3) is 4.60. The molecule has 0 spiro atoms. The maximum Gasteiger partial charge on any atom is 0.258 e. The van der Waals surface area contributed by atoms with Crippen LogP contribution in [0, 0.1) is 11.6 Å². The number of primary amides is 1. The van der Waals surface area contributed by atoms with Gasteiger partial charge >= 0.3 is 0 Å². The van der Waals surface area contributed by atoms with E-state index >= 15 is 0 Å². The predicted molar refractivity (Wildman–Crippen MR) is 86.9 cm³/mol. The van der Waals surface area contributed by atoms with E-state index < -0.39 is 34.9 Å². The second-order valence-electron chi connectivity index (χ2n) is 5.07. The molecule has 0 unspecified atom stereocenters. The average Bonchev–Trinajstić information content (AvgIpc) is 2.57. The van der Waals surface area contributed by atoms with E-state index in [2.05, 4.69) is 10.6 Å². The summed E-state index contributed by atoms with van der Waals surface area (Å²) in [6, 6.07) is 9.25. The molecule has 2 aromatic carbocycles. The third-order valence-electron chi connectivity index (χ3n) is 3.27. The van der Waals surface area contributed by atoms with Gasteiger partial charge in [-0.25, -0.2) is 8.78 Å². The topological polar surface area (TPSA) is 101 Å². The SMILES string of the molecule is NC(=O)CCNC(=O)c1ccccc1NC(=O)c1cccc(F)c1F. The number of nitrogens with two attached hydrogens (primary N) is 1. The number of hydrogen-bond acceptors (Lipinski definition) is 3. The molecule has 8 heteroatoms. The Bertz CT molecular complexity index is 825. The van der Waals surface area contributed by atoms with E-state index in [1.807, 2.05) is 0 Å². The van der Waals surface area contributed by atoms with E-state index in [1.165, 1.54) is 18.2 Å². The van der Waals surface area contributed by atoms with Crippen molar-refractivity contribution in [1.82, 2.24) is 5.32 Å². The van der Waals surface area contributed by atoms with Gasteiger partial charge in [0, 0.05) is 13.0 Å². The number of anilines is 1. The van der Waals surface area contributed by atoms with Gasteiger partial charge in [0.2, 0.25) is 5.91 Å². The molecular weight excluding hydrogens is 332 g/mol. The summed E-state index contributed by atoms with van der Waals surface area (Å²) >= 11 is 0. The van der Waals surface area contributed by atoms with Gasteiger partial charge in [-0.15, -0.1) is 0 Å². The number of hydrogen-bond donors (Lipinski definition) is 3. The fraction of sp³-hybridized carbons (Fsp3) is 0.118. The van der Waals surface area contributed by atoms with Crippen LogP contribution in [0.2, 0.25) is 0 Å². The van der Waals surface area contributed by atoms with E-state index in [0.29, 0.717) is 0 Å². The highest BCUT2D eigenvalue weighted by atomic mass is 19.2. The molecule has 0 aromatic heterocycles. The van der Waals surface area contributed by atoms with Crippen molar-refractivity contribution >= 4 is 23.4 Å². The molecule has 25 heavy (non-hydrogen) atoms. The Morgan fingerprint density at radius 1 is 0.920 bits per heavy atom. The summed E-state index contributed by atoms with van der Waals surface area (Å²) in [7, 11) is 0. The van der Waals surface area contributed by atoms with Gasteiger partial charge in [0.1, 0.15) is 0 Å². The number of nitrogens with one attached hydrogen (secondary N) is 2. The molecule has 0 fully saturated rings. The lowest BCUT2D eigenvalue weighted by Crippen LogP contribution is -2.29. The van der Waals surface area contributed by atoms with Crippen molar-refractivity contribution in [1.29, 1.82) is 0 Å². The molecule has 2 rings (SSSR count). The molecule has 0 aliphatic carbocycles.